The minimum absolute atomic E-state index is 0.0454. The highest BCUT2D eigenvalue weighted by molar-refractivity contribution is 7.91. The number of nitrogens with one attached hydrogen (secondary N) is 3. The van der Waals surface area contributed by atoms with E-state index in [2.05, 4.69) is 16.0 Å². The molecule has 1 aromatic carbocycles. The molecule has 0 radical (unpaired) electrons. The van der Waals surface area contributed by atoms with Crippen molar-refractivity contribution < 1.29 is 22.4 Å². The van der Waals surface area contributed by atoms with Gasteiger partial charge in [0, 0.05) is 11.7 Å². The summed E-state index contributed by atoms with van der Waals surface area (Å²) in [6.07, 6.45) is 0.357. The number of sulfone groups is 1. The lowest BCUT2D eigenvalue weighted by atomic mass is 10.3. The monoisotopic (exact) mass is 363 g/mol. The van der Waals surface area contributed by atoms with Crippen LogP contribution in [0, 0.1) is 5.82 Å². The molecule has 0 bridgehead atoms. The van der Waals surface area contributed by atoms with E-state index >= 15 is 0 Å². The molecule has 2 rings (SSSR count). The Labute approximate surface area is 137 Å². The number of urea groups is 1. The van der Waals surface area contributed by atoms with Gasteiger partial charge >= 0.3 is 6.03 Å². The highest BCUT2D eigenvalue weighted by Gasteiger charge is 2.28. The van der Waals surface area contributed by atoms with Crippen LogP contribution in [-0.4, -0.2) is 44.4 Å². The third kappa shape index (κ3) is 5.36. The lowest BCUT2D eigenvalue weighted by Crippen LogP contribution is -2.45. The predicted molar refractivity (Wildman–Crippen MR) is 83.6 cm³/mol. The van der Waals surface area contributed by atoms with E-state index in [1.54, 1.807) is 0 Å². The van der Waals surface area contributed by atoms with Crippen molar-refractivity contribution in [3.63, 3.8) is 0 Å². The Morgan fingerprint density at radius 1 is 1.35 bits per heavy atom. The molecule has 1 saturated heterocycles. The van der Waals surface area contributed by atoms with Gasteiger partial charge in [0.1, 0.15) is 5.82 Å². The molecular weight excluding hydrogens is 349 g/mol. The zero-order valence-corrected chi connectivity index (χ0v) is 13.5. The first kappa shape index (κ1) is 17.5. The van der Waals surface area contributed by atoms with E-state index < -0.39 is 33.6 Å². The first-order chi connectivity index (χ1) is 10.7. The summed E-state index contributed by atoms with van der Waals surface area (Å²) in [5.41, 5.74) is 0.297. The summed E-state index contributed by atoms with van der Waals surface area (Å²) in [6, 6.07) is 2.62. The maximum absolute atomic E-state index is 13.0. The van der Waals surface area contributed by atoms with Crippen LogP contribution in [0.2, 0.25) is 5.02 Å². The van der Waals surface area contributed by atoms with Crippen LogP contribution in [0.3, 0.4) is 0 Å². The molecule has 1 aliphatic rings. The molecule has 0 aliphatic carbocycles. The molecule has 0 saturated carbocycles. The zero-order valence-electron chi connectivity index (χ0n) is 11.9. The van der Waals surface area contributed by atoms with Gasteiger partial charge in [-0.1, -0.05) is 11.6 Å². The summed E-state index contributed by atoms with van der Waals surface area (Å²) >= 11 is 5.59. The largest absolute Gasteiger partial charge is 0.334 e. The van der Waals surface area contributed by atoms with Gasteiger partial charge in [-0.15, -0.1) is 0 Å². The molecule has 0 unspecified atom stereocenters. The normalized spacial score (nSPS) is 19.1. The summed E-state index contributed by atoms with van der Waals surface area (Å²) in [6.45, 7) is -0.319. The number of rotatable bonds is 4. The van der Waals surface area contributed by atoms with E-state index in [1.807, 2.05) is 0 Å². The maximum Gasteiger partial charge on any atom is 0.315 e. The van der Waals surface area contributed by atoms with E-state index in [0.29, 0.717) is 12.1 Å². The van der Waals surface area contributed by atoms with Crippen molar-refractivity contribution in [2.24, 2.45) is 0 Å². The van der Waals surface area contributed by atoms with Crippen molar-refractivity contribution >= 4 is 39.1 Å². The number of carbonyl (C=O) groups is 2. The minimum Gasteiger partial charge on any atom is -0.334 e. The summed E-state index contributed by atoms with van der Waals surface area (Å²) in [5.74, 6) is -1.18. The molecule has 1 fully saturated rings. The van der Waals surface area contributed by atoms with Crippen molar-refractivity contribution in [1.82, 2.24) is 10.6 Å². The standard InChI is InChI=1S/C13H15ClFN3O4S/c14-10-5-8(1-2-11(10)15)17-12(19)6-16-13(20)18-9-3-4-23(21,22)7-9/h1-2,5,9H,3-4,6-7H2,(H,17,19)(H2,16,18,20)/t9-/m0/s1. The molecule has 1 atom stereocenters. The second-order valence-corrected chi connectivity index (χ2v) is 7.74. The Morgan fingerprint density at radius 2 is 2.09 bits per heavy atom. The number of carbonyl (C=O) groups excluding carboxylic acids is 2. The van der Waals surface area contributed by atoms with Crippen LogP contribution in [0.4, 0.5) is 14.9 Å². The quantitative estimate of drug-likeness (QED) is 0.739. The number of halogens is 2. The van der Waals surface area contributed by atoms with Crippen LogP contribution in [0.25, 0.3) is 0 Å². The van der Waals surface area contributed by atoms with Crippen molar-refractivity contribution in [2.75, 3.05) is 23.4 Å². The fourth-order valence-corrected chi connectivity index (χ4v) is 3.94. The Balaban J connectivity index is 1.75. The first-order valence-corrected chi connectivity index (χ1v) is 8.95. The lowest BCUT2D eigenvalue weighted by Gasteiger charge is -2.12. The Kier molecular flexibility index (Phi) is 5.42. The third-order valence-corrected chi connectivity index (χ3v) is 5.24. The van der Waals surface area contributed by atoms with Crippen molar-refractivity contribution in [1.29, 1.82) is 0 Å². The average molecular weight is 364 g/mol. The van der Waals surface area contributed by atoms with Crippen LogP contribution in [-0.2, 0) is 14.6 Å². The Hall–Kier alpha value is -1.87. The second kappa shape index (κ2) is 7.14. The van der Waals surface area contributed by atoms with Gasteiger partial charge in [-0.05, 0) is 24.6 Å². The number of anilines is 1. The Morgan fingerprint density at radius 3 is 2.70 bits per heavy atom. The number of hydrogen-bond acceptors (Lipinski definition) is 4. The van der Waals surface area contributed by atoms with Crippen LogP contribution >= 0.6 is 11.6 Å². The van der Waals surface area contributed by atoms with E-state index in [1.165, 1.54) is 12.1 Å². The summed E-state index contributed by atoms with van der Waals surface area (Å²) < 4.78 is 35.5. The minimum atomic E-state index is -3.09. The fraction of sp³-hybridized carbons (Fsp3) is 0.385. The molecule has 23 heavy (non-hydrogen) atoms. The summed E-state index contributed by atoms with van der Waals surface area (Å²) in [7, 11) is -3.09. The van der Waals surface area contributed by atoms with E-state index in [-0.39, 0.29) is 23.1 Å². The molecule has 3 N–H and O–H groups in total. The molecule has 1 aliphatic heterocycles. The molecule has 0 spiro atoms. The van der Waals surface area contributed by atoms with E-state index in [9.17, 15) is 22.4 Å². The van der Waals surface area contributed by atoms with Crippen molar-refractivity contribution in [3.8, 4) is 0 Å². The van der Waals surface area contributed by atoms with Crippen molar-refractivity contribution in [3.05, 3.63) is 29.0 Å². The highest BCUT2D eigenvalue weighted by atomic mass is 35.5. The van der Waals surface area contributed by atoms with Crippen LogP contribution in [0.5, 0.6) is 0 Å². The van der Waals surface area contributed by atoms with Crippen LogP contribution in [0.15, 0.2) is 18.2 Å². The smallest absolute Gasteiger partial charge is 0.315 e. The van der Waals surface area contributed by atoms with Gasteiger partial charge in [-0.25, -0.2) is 17.6 Å². The van der Waals surface area contributed by atoms with E-state index in [4.69, 9.17) is 11.6 Å². The third-order valence-electron chi connectivity index (χ3n) is 3.18. The second-order valence-electron chi connectivity index (χ2n) is 5.10. The van der Waals surface area contributed by atoms with Crippen molar-refractivity contribution in [2.45, 2.75) is 12.5 Å². The van der Waals surface area contributed by atoms with Gasteiger partial charge in [0.15, 0.2) is 9.84 Å². The Bertz CT molecular complexity index is 726. The fourth-order valence-electron chi connectivity index (χ4n) is 2.08. The van der Waals surface area contributed by atoms with Gasteiger partial charge in [0.05, 0.1) is 23.1 Å². The maximum atomic E-state index is 13.0. The topological polar surface area (TPSA) is 104 Å². The SMILES string of the molecule is O=C(CNC(=O)N[C@H]1CCS(=O)(=O)C1)Nc1ccc(F)c(Cl)c1. The van der Waals surface area contributed by atoms with Gasteiger partial charge in [-0.2, -0.15) is 0 Å². The number of hydrogen-bond donors (Lipinski definition) is 3. The predicted octanol–water partition coefficient (Wildman–Crippen LogP) is 0.904. The molecule has 1 aromatic rings. The van der Waals surface area contributed by atoms with Crippen LogP contribution < -0.4 is 16.0 Å². The van der Waals surface area contributed by atoms with Crippen LogP contribution in [0.1, 0.15) is 6.42 Å². The molecular formula is C13H15ClFN3O4S. The van der Waals surface area contributed by atoms with Gasteiger partial charge in [0.25, 0.3) is 0 Å². The first-order valence-electron chi connectivity index (χ1n) is 6.75. The molecule has 10 heteroatoms. The summed E-state index contributed by atoms with van der Waals surface area (Å²) in [4.78, 5) is 23.3. The zero-order chi connectivity index (χ0) is 17.0. The highest BCUT2D eigenvalue weighted by Crippen LogP contribution is 2.19. The summed E-state index contributed by atoms with van der Waals surface area (Å²) in [5, 5.41) is 7.12. The number of amides is 3. The lowest BCUT2D eigenvalue weighted by molar-refractivity contribution is -0.115. The molecule has 126 valence electrons. The average Bonchev–Trinajstić information content (AvgIpc) is 2.80. The number of benzene rings is 1. The van der Waals surface area contributed by atoms with Gasteiger partial charge < -0.3 is 16.0 Å². The molecule has 7 nitrogen and oxygen atoms in total. The van der Waals surface area contributed by atoms with E-state index in [0.717, 1.165) is 6.07 Å². The molecule has 0 aromatic heterocycles. The molecule has 1 heterocycles. The van der Waals surface area contributed by atoms with Gasteiger partial charge in [-0.3, -0.25) is 4.79 Å². The van der Waals surface area contributed by atoms with Gasteiger partial charge in [0.2, 0.25) is 5.91 Å². The molecule has 3 amide bonds.